The number of rotatable bonds is 2. The molecular formula is C14H18ClN3. The van der Waals surface area contributed by atoms with Crippen molar-refractivity contribution in [3.63, 3.8) is 0 Å². The minimum Gasteiger partial charge on any atom is -0.326 e. The fourth-order valence-electron chi connectivity index (χ4n) is 1.75. The van der Waals surface area contributed by atoms with Gasteiger partial charge in [0, 0.05) is 28.9 Å². The van der Waals surface area contributed by atoms with Gasteiger partial charge in [-0.05, 0) is 32.9 Å². The summed E-state index contributed by atoms with van der Waals surface area (Å²) < 4.78 is 1.96. The molecule has 96 valence electrons. The summed E-state index contributed by atoms with van der Waals surface area (Å²) in [6.07, 6.45) is 2.02. The van der Waals surface area contributed by atoms with Crippen molar-refractivity contribution < 1.29 is 0 Å². The van der Waals surface area contributed by atoms with Gasteiger partial charge in [-0.2, -0.15) is 5.10 Å². The molecule has 4 heteroatoms. The highest BCUT2D eigenvalue weighted by Gasteiger charge is 2.18. The molecular weight excluding hydrogens is 246 g/mol. The molecule has 2 rings (SSSR count). The number of nitrogens with zero attached hydrogens (tertiary/aromatic N) is 2. The van der Waals surface area contributed by atoms with Gasteiger partial charge in [0.1, 0.15) is 0 Å². The molecule has 1 heterocycles. The second-order valence-electron chi connectivity index (χ2n) is 5.33. The average molecular weight is 264 g/mol. The zero-order valence-electron chi connectivity index (χ0n) is 10.9. The van der Waals surface area contributed by atoms with Gasteiger partial charge in [-0.25, -0.2) is 0 Å². The second-order valence-corrected chi connectivity index (χ2v) is 5.77. The number of nitrogens with two attached hydrogens (primary N) is 1. The molecule has 0 fully saturated rings. The van der Waals surface area contributed by atoms with E-state index in [0.717, 1.165) is 21.8 Å². The van der Waals surface area contributed by atoms with Crippen LogP contribution in [0.25, 0.3) is 11.3 Å². The molecule has 0 atom stereocenters. The van der Waals surface area contributed by atoms with Crippen LogP contribution < -0.4 is 5.73 Å². The molecule has 2 aromatic rings. The third-order valence-electron chi connectivity index (χ3n) is 2.81. The van der Waals surface area contributed by atoms with Crippen molar-refractivity contribution in [2.45, 2.75) is 32.9 Å². The Hall–Kier alpha value is -1.32. The highest BCUT2D eigenvalue weighted by atomic mass is 35.5. The molecule has 0 unspecified atom stereocenters. The lowest BCUT2D eigenvalue weighted by atomic mass is 10.1. The quantitative estimate of drug-likeness (QED) is 0.902. The van der Waals surface area contributed by atoms with Crippen LogP contribution in [0.15, 0.2) is 30.5 Å². The number of aromatic nitrogens is 2. The first-order valence-corrected chi connectivity index (χ1v) is 6.34. The fraction of sp³-hybridized carbons (Fsp3) is 0.357. The van der Waals surface area contributed by atoms with E-state index >= 15 is 0 Å². The van der Waals surface area contributed by atoms with Crippen molar-refractivity contribution in [2.24, 2.45) is 5.73 Å². The van der Waals surface area contributed by atoms with Crippen LogP contribution in [0.3, 0.4) is 0 Å². The van der Waals surface area contributed by atoms with Crippen LogP contribution in [0.1, 0.15) is 26.3 Å². The molecule has 1 aromatic carbocycles. The maximum atomic E-state index is 5.90. The molecule has 0 saturated carbocycles. The van der Waals surface area contributed by atoms with Crippen LogP contribution in [0.5, 0.6) is 0 Å². The molecule has 2 N–H and O–H groups in total. The normalized spacial score (nSPS) is 11.8. The molecule has 0 aliphatic rings. The number of hydrogen-bond acceptors (Lipinski definition) is 2. The van der Waals surface area contributed by atoms with Gasteiger partial charge in [-0.15, -0.1) is 0 Å². The molecule has 0 aliphatic heterocycles. The van der Waals surface area contributed by atoms with Crippen LogP contribution in [0.2, 0.25) is 5.02 Å². The Balaban J connectivity index is 2.50. The SMILES string of the molecule is CC(C)(C)n1cc(CN)c(-c2ccc(Cl)cc2)n1. The molecule has 3 nitrogen and oxygen atoms in total. The predicted octanol–water partition coefficient (Wildman–Crippen LogP) is 3.42. The first-order chi connectivity index (χ1) is 8.41. The van der Waals surface area contributed by atoms with Crippen molar-refractivity contribution in [2.75, 3.05) is 0 Å². The van der Waals surface area contributed by atoms with E-state index in [-0.39, 0.29) is 5.54 Å². The van der Waals surface area contributed by atoms with Gasteiger partial charge in [-0.1, -0.05) is 23.7 Å². The molecule has 0 amide bonds. The monoisotopic (exact) mass is 263 g/mol. The van der Waals surface area contributed by atoms with E-state index in [4.69, 9.17) is 17.3 Å². The summed E-state index contributed by atoms with van der Waals surface area (Å²) in [6.45, 7) is 6.83. The van der Waals surface area contributed by atoms with Gasteiger partial charge in [0.2, 0.25) is 0 Å². The summed E-state index contributed by atoms with van der Waals surface area (Å²) in [4.78, 5) is 0. The Morgan fingerprint density at radius 2 is 1.83 bits per heavy atom. The third kappa shape index (κ3) is 2.57. The number of hydrogen-bond donors (Lipinski definition) is 1. The summed E-state index contributed by atoms with van der Waals surface area (Å²) in [5.74, 6) is 0. The lowest BCUT2D eigenvalue weighted by molar-refractivity contribution is 0.356. The molecule has 1 aromatic heterocycles. The molecule has 0 spiro atoms. The van der Waals surface area contributed by atoms with E-state index in [1.807, 2.05) is 35.1 Å². The Kier molecular flexibility index (Phi) is 3.46. The lowest BCUT2D eigenvalue weighted by Crippen LogP contribution is -2.22. The van der Waals surface area contributed by atoms with Crippen LogP contribution in [-0.2, 0) is 12.1 Å². The van der Waals surface area contributed by atoms with E-state index in [0.29, 0.717) is 6.54 Å². The van der Waals surface area contributed by atoms with Crippen LogP contribution in [0.4, 0.5) is 0 Å². The van der Waals surface area contributed by atoms with Crippen molar-refractivity contribution in [3.05, 3.63) is 41.0 Å². The van der Waals surface area contributed by atoms with E-state index in [1.165, 1.54) is 0 Å². The summed E-state index contributed by atoms with van der Waals surface area (Å²) >= 11 is 5.90. The van der Waals surface area contributed by atoms with Gasteiger partial charge in [0.05, 0.1) is 11.2 Å². The standard InChI is InChI=1S/C14H18ClN3/c1-14(2,3)18-9-11(8-16)13(17-18)10-4-6-12(15)7-5-10/h4-7,9H,8,16H2,1-3H3. The molecule has 0 bridgehead atoms. The average Bonchev–Trinajstić information content (AvgIpc) is 2.73. The number of halogens is 1. The largest absolute Gasteiger partial charge is 0.326 e. The Morgan fingerprint density at radius 1 is 1.22 bits per heavy atom. The maximum absolute atomic E-state index is 5.90. The maximum Gasteiger partial charge on any atom is 0.0968 e. The van der Waals surface area contributed by atoms with Gasteiger partial charge in [0.25, 0.3) is 0 Å². The van der Waals surface area contributed by atoms with E-state index in [9.17, 15) is 0 Å². The smallest absolute Gasteiger partial charge is 0.0968 e. The van der Waals surface area contributed by atoms with E-state index in [2.05, 4.69) is 25.9 Å². The summed E-state index contributed by atoms with van der Waals surface area (Å²) in [7, 11) is 0. The van der Waals surface area contributed by atoms with Crippen molar-refractivity contribution in [3.8, 4) is 11.3 Å². The molecule has 0 radical (unpaired) electrons. The van der Waals surface area contributed by atoms with E-state index < -0.39 is 0 Å². The first kappa shape index (κ1) is 13.1. The minimum atomic E-state index is -0.0470. The zero-order valence-corrected chi connectivity index (χ0v) is 11.7. The van der Waals surface area contributed by atoms with E-state index in [1.54, 1.807) is 0 Å². The number of benzene rings is 1. The van der Waals surface area contributed by atoms with Crippen LogP contribution in [-0.4, -0.2) is 9.78 Å². The van der Waals surface area contributed by atoms with Gasteiger partial charge in [0.15, 0.2) is 0 Å². The summed E-state index contributed by atoms with van der Waals surface area (Å²) in [6, 6.07) is 7.67. The second kappa shape index (κ2) is 4.75. The highest BCUT2D eigenvalue weighted by Crippen LogP contribution is 2.26. The Morgan fingerprint density at radius 3 is 2.33 bits per heavy atom. The van der Waals surface area contributed by atoms with Crippen molar-refractivity contribution in [1.82, 2.24) is 9.78 Å². The molecule has 0 saturated heterocycles. The first-order valence-electron chi connectivity index (χ1n) is 5.97. The molecule has 0 aliphatic carbocycles. The summed E-state index contributed by atoms with van der Waals surface area (Å²) in [5, 5.41) is 5.37. The van der Waals surface area contributed by atoms with Crippen LogP contribution >= 0.6 is 11.6 Å². The zero-order chi connectivity index (χ0) is 13.3. The van der Waals surface area contributed by atoms with Crippen molar-refractivity contribution >= 4 is 11.6 Å². The van der Waals surface area contributed by atoms with Gasteiger partial charge >= 0.3 is 0 Å². The van der Waals surface area contributed by atoms with Crippen LogP contribution in [0, 0.1) is 0 Å². The fourth-order valence-corrected chi connectivity index (χ4v) is 1.88. The summed E-state index contributed by atoms with van der Waals surface area (Å²) in [5.41, 5.74) is 8.78. The van der Waals surface area contributed by atoms with Gasteiger partial charge in [-0.3, -0.25) is 4.68 Å². The minimum absolute atomic E-state index is 0.0470. The third-order valence-corrected chi connectivity index (χ3v) is 3.07. The molecule has 18 heavy (non-hydrogen) atoms. The lowest BCUT2D eigenvalue weighted by Gasteiger charge is -2.18. The van der Waals surface area contributed by atoms with Crippen molar-refractivity contribution in [1.29, 1.82) is 0 Å². The topological polar surface area (TPSA) is 43.8 Å². The predicted molar refractivity (Wildman–Crippen MR) is 75.6 cm³/mol. The van der Waals surface area contributed by atoms with Gasteiger partial charge < -0.3 is 5.73 Å². The Labute approximate surface area is 113 Å². The highest BCUT2D eigenvalue weighted by molar-refractivity contribution is 6.30. The Bertz CT molecular complexity index is 535.